The zero-order valence-electron chi connectivity index (χ0n) is 15.0. The number of hydrogen-bond acceptors (Lipinski definition) is 8. The Hall–Kier alpha value is -3.30. The molecule has 1 aromatic carbocycles. The monoisotopic (exact) mass is 426 g/mol. The molecule has 0 amide bonds. The lowest BCUT2D eigenvalue weighted by atomic mass is 10.2. The number of nitriles is 1. The van der Waals surface area contributed by atoms with E-state index in [0.717, 1.165) is 4.88 Å². The maximum atomic E-state index is 12.4. The smallest absolute Gasteiger partial charge is 0.264 e. The summed E-state index contributed by atoms with van der Waals surface area (Å²) in [7, 11) is -4.00. The van der Waals surface area contributed by atoms with Crippen LogP contribution in [0.5, 0.6) is 0 Å². The maximum Gasteiger partial charge on any atom is 0.264 e. The highest BCUT2D eigenvalue weighted by molar-refractivity contribution is 7.89. The summed E-state index contributed by atoms with van der Waals surface area (Å²) in [4.78, 5) is 19.8. The van der Waals surface area contributed by atoms with Gasteiger partial charge in [-0.15, -0.1) is 11.3 Å². The molecule has 0 saturated carbocycles. The zero-order valence-corrected chi connectivity index (χ0v) is 16.6. The number of aromatic amines is 1. The van der Waals surface area contributed by atoms with Gasteiger partial charge in [0.15, 0.2) is 0 Å². The Morgan fingerprint density at radius 1 is 1.24 bits per heavy atom. The minimum atomic E-state index is -4.00. The molecule has 9 nitrogen and oxygen atoms in total. The van der Waals surface area contributed by atoms with Gasteiger partial charge in [-0.3, -0.25) is 0 Å². The van der Waals surface area contributed by atoms with E-state index in [1.807, 2.05) is 17.9 Å². The number of pyridine rings is 1. The van der Waals surface area contributed by atoms with Crippen LogP contribution in [0, 0.1) is 18.3 Å². The number of aromatic nitrogens is 3. The van der Waals surface area contributed by atoms with Crippen LogP contribution in [-0.2, 0) is 15.0 Å². The number of aryl methyl sites for hydroxylation is 1. The highest BCUT2D eigenvalue weighted by Crippen LogP contribution is 2.35. The average Bonchev–Trinajstić information content (AvgIpc) is 3.37. The summed E-state index contributed by atoms with van der Waals surface area (Å²) in [5, 5.41) is 10.4. The van der Waals surface area contributed by atoms with Gasteiger partial charge >= 0.3 is 0 Å². The van der Waals surface area contributed by atoms with Crippen LogP contribution in [-0.4, -0.2) is 23.4 Å². The molecule has 11 heteroatoms. The number of thiazole rings is 1. The first kappa shape index (κ1) is 19.0. The Morgan fingerprint density at radius 2 is 2.10 bits per heavy atom. The normalized spacial score (nSPS) is 11.4. The lowest BCUT2D eigenvalue weighted by Crippen LogP contribution is -2.27. The molecule has 29 heavy (non-hydrogen) atoms. The quantitative estimate of drug-likeness (QED) is 0.403. The van der Waals surface area contributed by atoms with Crippen molar-refractivity contribution in [3.8, 4) is 16.6 Å². The molecule has 0 unspecified atom stereocenters. The number of hydrogen-bond donors (Lipinski definition) is 3. The van der Waals surface area contributed by atoms with Crippen molar-refractivity contribution < 1.29 is 13.4 Å². The van der Waals surface area contributed by atoms with Gasteiger partial charge in [-0.05, 0) is 31.2 Å². The Balaban J connectivity index is 1.61. The highest BCUT2D eigenvalue weighted by atomic mass is 32.2. The van der Waals surface area contributed by atoms with Gasteiger partial charge in [0.05, 0.1) is 27.8 Å². The summed E-state index contributed by atoms with van der Waals surface area (Å²) < 4.78 is 24.9. The molecule has 3 aromatic heterocycles. The van der Waals surface area contributed by atoms with Crippen LogP contribution in [0.3, 0.4) is 0 Å². The molecule has 0 spiro atoms. The largest absolute Gasteiger partial charge is 0.346 e. The molecule has 0 atom stereocenters. The molecular formula is C18H14N6O3S2. The minimum absolute atomic E-state index is 0.0874. The number of rotatable bonds is 6. The molecule has 0 aliphatic rings. The van der Waals surface area contributed by atoms with Gasteiger partial charge in [-0.1, -0.05) is 11.0 Å². The average molecular weight is 426 g/mol. The Labute approximate surface area is 170 Å². The van der Waals surface area contributed by atoms with E-state index < -0.39 is 10.0 Å². The second kappa shape index (κ2) is 7.61. The number of nitrogens with zero attached hydrogens (tertiary/aromatic N) is 3. The van der Waals surface area contributed by atoms with Crippen molar-refractivity contribution in [1.29, 1.82) is 5.26 Å². The van der Waals surface area contributed by atoms with Crippen molar-refractivity contribution in [3.05, 3.63) is 59.4 Å². The van der Waals surface area contributed by atoms with E-state index in [2.05, 4.69) is 20.4 Å². The molecule has 3 N–H and O–H groups in total. The summed E-state index contributed by atoms with van der Waals surface area (Å²) in [6.45, 7) is 1.94. The molecule has 0 aliphatic heterocycles. The van der Waals surface area contributed by atoms with E-state index in [4.69, 9.17) is 10.2 Å². The van der Waals surface area contributed by atoms with Gasteiger partial charge in [0.1, 0.15) is 10.7 Å². The fourth-order valence-corrected chi connectivity index (χ4v) is 4.23. The van der Waals surface area contributed by atoms with Crippen molar-refractivity contribution in [2.75, 3.05) is 5.48 Å². The number of sulfonamides is 1. The molecule has 4 rings (SSSR count). The topological polar surface area (TPSA) is 133 Å². The first-order valence-corrected chi connectivity index (χ1v) is 10.6. The summed E-state index contributed by atoms with van der Waals surface area (Å²) in [6.07, 6.45) is 5.10. The maximum absolute atomic E-state index is 12.4. The molecule has 0 saturated heterocycles. The van der Waals surface area contributed by atoms with Crippen molar-refractivity contribution in [2.24, 2.45) is 0 Å². The third-order valence-corrected chi connectivity index (χ3v) is 6.14. The summed E-state index contributed by atoms with van der Waals surface area (Å²) in [6, 6.07) is 9.32. The van der Waals surface area contributed by atoms with Gasteiger partial charge in [0.25, 0.3) is 10.0 Å². The Morgan fingerprint density at radius 3 is 2.86 bits per heavy atom. The number of nitrogens with one attached hydrogen (secondary N) is 3. The second-order valence-electron chi connectivity index (χ2n) is 5.99. The Kier molecular flexibility index (Phi) is 4.99. The standard InChI is InChI=1S/C18H14N6O3S2/c1-11-9-22-18(28-11)15-10-21-17-14(5-6-20-17)16(15)23-27-24-29(25,26)13-4-2-3-12(7-13)8-19/h2-7,9-10,24H,1H3,(H2,20,21,23). The highest BCUT2D eigenvalue weighted by Gasteiger charge is 2.18. The van der Waals surface area contributed by atoms with Crippen molar-refractivity contribution in [1.82, 2.24) is 19.8 Å². The predicted molar refractivity (Wildman–Crippen MR) is 108 cm³/mol. The molecule has 0 fully saturated rings. The molecule has 0 radical (unpaired) electrons. The molecular weight excluding hydrogens is 412 g/mol. The van der Waals surface area contributed by atoms with Crippen molar-refractivity contribution >= 4 is 38.1 Å². The third kappa shape index (κ3) is 3.82. The molecule has 4 aromatic rings. The summed E-state index contributed by atoms with van der Waals surface area (Å²) in [5.41, 5.74) is 4.67. The third-order valence-electron chi connectivity index (χ3n) is 4.02. The fraction of sp³-hybridized carbons (Fsp3) is 0.0556. The lowest BCUT2D eigenvalue weighted by molar-refractivity contribution is 0.149. The van der Waals surface area contributed by atoms with Crippen LogP contribution in [0.4, 0.5) is 5.69 Å². The molecule has 3 heterocycles. The van der Waals surface area contributed by atoms with E-state index in [1.165, 1.54) is 35.6 Å². The van der Waals surface area contributed by atoms with Gasteiger partial charge in [-0.2, -0.15) is 10.2 Å². The Bertz CT molecular complexity index is 1340. The van der Waals surface area contributed by atoms with Crippen LogP contribution < -0.4 is 10.4 Å². The van der Waals surface area contributed by atoms with Crippen LogP contribution in [0.25, 0.3) is 21.6 Å². The first-order chi connectivity index (χ1) is 14.0. The van der Waals surface area contributed by atoms with Gasteiger partial charge in [0, 0.05) is 28.9 Å². The summed E-state index contributed by atoms with van der Waals surface area (Å²) >= 11 is 1.48. The predicted octanol–water partition coefficient (Wildman–Crippen LogP) is 3.10. The lowest BCUT2D eigenvalue weighted by Gasteiger charge is -2.12. The van der Waals surface area contributed by atoms with Crippen LogP contribution in [0.15, 0.2) is 53.8 Å². The van der Waals surface area contributed by atoms with E-state index in [-0.39, 0.29) is 10.5 Å². The molecule has 146 valence electrons. The molecule has 0 bridgehead atoms. The minimum Gasteiger partial charge on any atom is -0.346 e. The number of fused-ring (bicyclic) bond motifs is 1. The first-order valence-electron chi connectivity index (χ1n) is 8.30. The van der Waals surface area contributed by atoms with Gasteiger partial charge < -0.3 is 4.98 Å². The van der Waals surface area contributed by atoms with Crippen LogP contribution in [0.1, 0.15) is 10.4 Å². The fourth-order valence-electron chi connectivity index (χ4n) is 2.67. The van der Waals surface area contributed by atoms with E-state index >= 15 is 0 Å². The van der Waals surface area contributed by atoms with E-state index in [1.54, 1.807) is 24.7 Å². The number of H-pyrrole nitrogens is 1. The number of anilines is 1. The zero-order chi connectivity index (χ0) is 20.4. The van der Waals surface area contributed by atoms with Crippen LogP contribution in [0.2, 0.25) is 0 Å². The SMILES string of the molecule is Cc1cnc(-c2cnc3[nH]ccc3c2NONS(=O)(=O)c2cccc(C#N)c2)s1. The molecule has 0 aliphatic carbocycles. The van der Waals surface area contributed by atoms with E-state index in [0.29, 0.717) is 27.3 Å². The van der Waals surface area contributed by atoms with Crippen molar-refractivity contribution in [3.63, 3.8) is 0 Å². The van der Waals surface area contributed by atoms with Gasteiger partial charge in [-0.25, -0.2) is 23.9 Å². The summed E-state index contributed by atoms with van der Waals surface area (Å²) in [5.74, 6) is 0. The van der Waals surface area contributed by atoms with Crippen molar-refractivity contribution in [2.45, 2.75) is 11.8 Å². The van der Waals surface area contributed by atoms with E-state index in [9.17, 15) is 8.42 Å². The number of benzene rings is 1. The second-order valence-corrected chi connectivity index (χ2v) is 8.87. The van der Waals surface area contributed by atoms with Gasteiger partial charge in [0.2, 0.25) is 0 Å². The van der Waals surface area contributed by atoms with Crippen LogP contribution >= 0.6 is 11.3 Å².